The number of thiophene rings is 1. The molecule has 1 unspecified atom stereocenters. The molecule has 0 saturated carbocycles. The van der Waals surface area contributed by atoms with Crippen molar-refractivity contribution in [1.82, 2.24) is 9.97 Å². The van der Waals surface area contributed by atoms with Crippen molar-refractivity contribution in [3.63, 3.8) is 0 Å². The van der Waals surface area contributed by atoms with E-state index in [0.717, 1.165) is 16.7 Å². The molecule has 3 heterocycles. The standard InChI is InChI=1S/C18H21N3O4S/c1-9-6-7-12(25-9)18(4,23)8-19-15-13-10(2)14(17(22)24-5)26-16(13)21-11(3)20-15/h6-7,23H,8H2,1-5H3,(H,19,20,21). The molecule has 26 heavy (non-hydrogen) atoms. The van der Waals surface area contributed by atoms with Crippen molar-refractivity contribution in [2.45, 2.75) is 33.3 Å². The Bertz CT molecular complexity index is 974. The molecule has 3 aromatic heterocycles. The maximum atomic E-state index is 12.0. The van der Waals surface area contributed by atoms with Crippen molar-refractivity contribution < 1.29 is 19.1 Å². The Labute approximate surface area is 155 Å². The van der Waals surface area contributed by atoms with Gasteiger partial charge in [-0.15, -0.1) is 11.3 Å². The molecule has 1 atom stereocenters. The van der Waals surface area contributed by atoms with Crippen molar-refractivity contribution >= 4 is 33.3 Å². The van der Waals surface area contributed by atoms with E-state index in [9.17, 15) is 9.90 Å². The summed E-state index contributed by atoms with van der Waals surface area (Å²) in [5.41, 5.74) is -0.456. The normalized spacial score (nSPS) is 13.6. The number of esters is 1. The van der Waals surface area contributed by atoms with E-state index in [0.29, 0.717) is 27.1 Å². The predicted octanol–water partition coefficient (Wildman–Crippen LogP) is 3.32. The highest BCUT2D eigenvalue weighted by molar-refractivity contribution is 7.20. The summed E-state index contributed by atoms with van der Waals surface area (Å²) in [5.74, 6) is 1.96. The number of hydrogen-bond donors (Lipinski definition) is 2. The average Bonchev–Trinajstić information content (AvgIpc) is 3.16. The van der Waals surface area contributed by atoms with Gasteiger partial charge in [0.2, 0.25) is 0 Å². The molecule has 0 aliphatic heterocycles. The monoisotopic (exact) mass is 375 g/mol. The van der Waals surface area contributed by atoms with Crippen molar-refractivity contribution in [1.29, 1.82) is 0 Å². The second-order valence-corrected chi connectivity index (χ2v) is 7.38. The van der Waals surface area contributed by atoms with Crippen LogP contribution >= 0.6 is 11.3 Å². The minimum atomic E-state index is -1.21. The van der Waals surface area contributed by atoms with Crippen LogP contribution in [0.3, 0.4) is 0 Å². The van der Waals surface area contributed by atoms with Crippen molar-refractivity contribution in [2.24, 2.45) is 0 Å². The number of aliphatic hydroxyl groups is 1. The van der Waals surface area contributed by atoms with Gasteiger partial charge in [-0.05, 0) is 45.4 Å². The first kappa shape index (κ1) is 18.3. The van der Waals surface area contributed by atoms with Crippen LogP contribution in [0.4, 0.5) is 5.82 Å². The fourth-order valence-electron chi connectivity index (χ4n) is 2.73. The van der Waals surface area contributed by atoms with E-state index in [4.69, 9.17) is 9.15 Å². The molecule has 0 saturated heterocycles. The van der Waals surface area contributed by atoms with Gasteiger partial charge in [0.25, 0.3) is 0 Å². The number of carbonyl (C=O) groups excluding carboxylic acids is 1. The largest absolute Gasteiger partial charge is 0.465 e. The summed E-state index contributed by atoms with van der Waals surface area (Å²) < 4.78 is 10.4. The highest BCUT2D eigenvalue weighted by Crippen LogP contribution is 2.35. The van der Waals surface area contributed by atoms with Gasteiger partial charge in [0.1, 0.15) is 38.5 Å². The van der Waals surface area contributed by atoms with Gasteiger partial charge in [0.05, 0.1) is 19.0 Å². The maximum absolute atomic E-state index is 12.0. The lowest BCUT2D eigenvalue weighted by Crippen LogP contribution is -2.30. The van der Waals surface area contributed by atoms with Gasteiger partial charge in [-0.2, -0.15) is 0 Å². The number of rotatable bonds is 5. The molecule has 2 N–H and O–H groups in total. The summed E-state index contributed by atoms with van der Waals surface area (Å²) in [6.45, 7) is 7.31. The zero-order valence-corrected chi connectivity index (χ0v) is 16.2. The van der Waals surface area contributed by atoms with Crippen LogP contribution in [0.1, 0.15) is 39.5 Å². The van der Waals surface area contributed by atoms with E-state index in [1.165, 1.54) is 18.4 Å². The number of hydrogen-bond acceptors (Lipinski definition) is 8. The Morgan fingerprint density at radius 2 is 2.08 bits per heavy atom. The first-order chi connectivity index (χ1) is 12.2. The second kappa shape index (κ2) is 6.69. The van der Waals surface area contributed by atoms with Gasteiger partial charge in [0.15, 0.2) is 0 Å². The third-order valence-corrected chi connectivity index (χ3v) is 5.31. The van der Waals surface area contributed by atoms with Crippen LogP contribution in [0.25, 0.3) is 10.2 Å². The van der Waals surface area contributed by atoms with Crippen LogP contribution in [-0.2, 0) is 10.3 Å². The number of anilines is 1. The minimum Gasteiger partial charge on any atom is -0.465 e. The van der Waals surface area contributed by atoms with Gasteiger partial charge in [-0.1, -0.05) is 0 Å². The molecule has 0 amide bonds. The van der Waals surface area contributed by atoms with Gasteiger partial charge in [-0.25, -0.2) is 14.8 Å². The summed E-state index contributed by atoms with van der Waals surface area (Å²) >= 11 is 1.27. The number of carbonyl (C=O) groups is 1. The Morgan fingerprint density at radius 1 is 1.35 bits per heavy atom. The van der Waals surface area contributed by atoms with E-state index in [2.05, 4.69) is 15.3 Å². The van der Waals surface area contributed by atoms with E-state index in [1.54, 1.807) is 19.9 Å². The highest BCUT2D eigenvalue weighted by Gasteiger charge is 2.28. The highest BCUT2D eigenvalue weighted by atomic mass is 32.1. The van der Waals surface area contributed by atoms with Gasteiger partial charge in [0, 0.05) is 0 Å². The molecule has 0 aliphatic carbocycles. The Balaban J connectivity index is 1.97. The number of nitrogens with zero attached hydrogens (tertiary/aromatic N) is 2. The summed E-state index contributed by atoms with van der Waals surface area (Å²) in [4.78, 5) is 22.0. The van der Waals surface area contributed by atoms with Gasteiger partial charge >= 0.3 is 5.97 Å². The molecule has 0 radical (unpaired) electrons. The van der Waals surface area contributed by atoms with Crippen molar-refractivity contribution in [3.05, 3.63) is 39.9 Å². The van der Waals surface area contributed by atoms with Crippen molar-refractivity contribution in [2.75, 3.05) is 19.0 Å². The third kappa shape index (κ3) is 3.30. The summed E-state index contributed by atoms with van der Waals surface area (Å²) in [5, 5.41) is 14.7. The lowest BCUT2D eigenvalue weighted by Gasteiger charge is -2.22. The Kier molecular flexibility index (Phi) is 4.72. The number of nitrogens with one attached hydrogen (secondary N) is 1. The SMILES string of the molecule is COC(=O)c1sc2nc(C)nc(NCC(C)(O)c3ccc(C)o3)c2c1C. The lowest BCUT2D eigenvalue weighted by molar-refractivity contribution is 0.0467. The molecular formula is C18H21N3O4S. The van der Waals surface area contributed by atoms with E-state index >= 15 is 0 Å². The molecule has 7 nitrogen and oxygen atoms in total. The fraction of sp³-hybridized carbons (Fsp3) is 0.389. The quantitative estimate of drug-likeness (QED) is 0.660. The van der Waals surface area contributed by atoms with E-state index in [-0.39, 0.29) is 6.54 Å². The lowest BCUT2D eigenvalue weighted by atomic mass is 10.0. The van der Waals surface area contributed by atoms with E-state index < -0.39 is 11.6 Å². The third-order valence-electron chi connectivity index (χ3n) is 4.14. The predicted molar refractivity (Wildman–Crippen MR) is 99.7 cm³/mol. The zero-order chi connectivity index (χ0) is 19.1. The van der Waals surface area contributed by atoms with Crippen LogP contribution in [0.15, 0.2) is 16.5 Å². The zero-order valence-electron chi connectivity index (χ0n) is 15.3. The minimum absolute atomic E-state index is 0.189. The maximum Gasteiger partial charge on any atom is 0.348 e. The number of furan rings is 1. The average molecular weight is 375 g/mol. The Morgan fingerprint density at radius 3 is 2.69 bits per heavy atom. The summed E-state index contributed by atoms with van der Waals surface area (Å²) in [6, 6.07) is 3.56. The number of fused-ring (bicyclic) bond motifs is 1. The molecule has 0 bridgehead atoms. The first-order valence-electron chi connectivity index (χ1n) is 8.12. The molecule has 3 rings (SSSR count). The molecule has 0 aliphatic rings. The molecular weight excluding hydrogens is 354 g/mol. The number of aryl methyl sites for hydroxylation is 3. The Hall–Kier alpha value is -2.45. The second-order valence-electron chi connectivity index (χ2n) is 6.39. The molecule has 0 fully saturated rings. The summed E-state index contributed by atoms with van der Waals surface area (Å²) in [7, 11) is 1.35. The molecule has 8 heteroatoms. The van der Waals surface area contributed by atoms with Crippen molar-refractivity contribution in [3.8, 4) is 0 Å². The van der Waals surface area contributed by atoms with Crippen LogP contribution in [0.2, 0.25) is 0 Å². The van der Waals surface area contributed by atoms with Gasteiger partial charge in [-0.3, -0.25) is 0 Å². The fourth-order valence-corrected chi connectivity index (χ4v) is 3.87. The molecule has 0 aromatic carbocycles. The number of ether oxygens (including phenoxy) is 1. The van der Waals surface area contributed by atoms with Crippen LogP contribution in [-0.4, -0.2) is 34.7 Å². The molecule has 0 spiro atoms. The summed E-state index contributed by atoms with van der Waals surface area (Å²) in [6.07, 6.45) is 0. The van der Waals surface area contributed by atoms with Crippen LogP contribution < -0.4 is 5.32 Å². The van der Waals surface area contributed by atoms with Crippen LogP contribution in [0, 0.1) is 20.8 Å². The molecule has 138 valence electrons. The van der Waals surface area contributed by atoms with E-state index in [1.807, 2.05) is 19.9 Å². The smallest absolute Gasteiger partial charge is 0.348 e. The first-order valence-corrected chi connectivity index (χ1v) is 8.94. The van der Waals surface area contributed by atoms with Gasteiger partial charge < -0.3 is 19.6 Å². The number of methoxy groups -OCH3 is 1. The number of aromatic nitrogens is 2. The topological polar surface area (TPSA) is 97.5 Å². The molecule has 3 aromatic rings. The van der Waals surface area contributed by atoms with Crippen LogP contribution in [0.5, 0.6) is 0 Å².